The number of hydrogen-bond acceptors (Lipinski definition) is 7. The molecule has 2 N–H and O–H groups in total. The molecule has 0 aliphatic heterocycles. The highest BCUT2D eigenvalue weighted by molar-refractivity contribution is 5.69. The van der Waals surface area contributed by atoms with Gasteiger partial charge in [-0.1, -0.05) is 23.4 Å². The first-order chi connectivity index (χ1) is 12.8. The van der Waals surface area contributed by atoms with Gasteiger partial charge in [0.15, 0.2) is 5.65 Å². The van der Waals surface area contributed by atoms with Crippen LogP contribution in [0.3, 0.4) is 0 Å². The molecule has 3 aromatic heterocycles. The Bertz CT molecular complexity index is 974. The molecule has 0 unspecified atom stereocenters. The fraction of sp³-hybridized carbons (Fsp3) is 0.222. The molecule has 0 bridgehead atoms. The van der Waals surface area contributed by atoms with E-state index in [0.717, 1.165) is 35.6 Å². The minimum Gasteiger partial charge on any atom is -0.338 e. The van der Waals surface area contributed by atoms with Crippen molar-refractivity contribution in [1.29, 1.82) is 0 Å². The zero-order valence-electron chi connectivity index (χ0n) is 14.4. The maximum atomic E-state index is 5.32. The van der Waals surface area contributed by atoms with Crippen LogP contribution in [-0.2, 0) is 6.54 Å². The van der Waals surface area contributed by atoms with Crippen LogP contribution in [0.25, 0.3) is 28.3 Å². The molecule has 4 rings (SSSR count). The van der Waals surface area contributed by atoms with Crippen LogP contribution in [0.5, 0.6) is 0 Å². The highest BCUT2D eigenvalue weighted by Gasteiger charge is 2.11. The van der Waals surface area contributed by atoms with Gasteiger partial charge >= 0.3 is 0 Å². The summed E-state index contributed by atoms with van der Waals surface area (Å²) in [7, 11) is 1.92. The van der Waals surface area contributed by atoms with Gasteiger partial charge in [-0.2, -0.15) is 10.1 Å². The summed E-state index contributed by atoms with van der Waals surface area (Å²) >= 11 is 0. The summed E-state index contributed by atoms with van der Waals surface area (Å²) in [6.45, 7) is 2.27. The lowest BCUT2D eigenvalue weighted by molar-refractivity contribution is 0.368. The van der Waals surface area contributed by atoms with Crippen molar-refractivity contribution < 1.29 is 4.52 Å². The maximum absolute atomic E-state index is 5.32. The van der Waals surface area contributed by atoms with E-state index in [9.17, 15) is 0 Å². The number of nitrogens with zero attached hydrogens (tertiary/aromatic N) is 5. The standard InChI is InChI=1S/C18H19N7O/c1-19-8-9-20-11-17-23-18(24-26-17)14-5-2-4-13(10-14)15-12-25-16(22-15)6-3-7-21-25/h2-7,10,12,19-20H,8-9,11H2,1H3. The Morgan fingerprint density at radius 2 is 2.00 bits per heavy atom. The Morgan fingerprint density at radius 1 is 1.08 bits per heavy atom. The Kier molecular flexibility index (Phi) is 4.67. The summed E-state index contributed by atoms with van der Waals surface area (Å²) < 4.78 is 7.07. The van der Waals surface area contributed by atoms with E-state index in [4.69, 9.17) is 4.52 Å². The van der Waals surface area contributed by atoms with Gasteiger partial charge in [0.25, 0.3) is 0 Å². The van der Waals surface area contributed by atoms with Crippen LogP contribution in [0.1, 0.15) is 5.89 Å². The predicted molar refractivity (Wildman–Crippen MR) is 97.3 cm³/mol. The van der Waals surface area contributed by atoms with Gasteiger partial charge in [0.05, 0.1) is 18.4 Å². The second kappa shape index (κ2) is 7.42. The van der Waals surface area contributed by atoms with E-state index in [-0.39, 0.29) is 0 Å². The SMILES string of the molecule is CNCCNCc1nc(-c2cccc(-c3cn4ncccc4n3)c2)no1. The van der Waals surface area contributed by atoms with Crippen molar-refractivity contribution >= 4 is 5.65 Å². The minimum atomic E-state index is 0.548. The number of benzene rings is 1. The van der Waals surface area contributed by atoms with Crippen LogP contribution < -0.4 is 10.6 Å². The van der Waals surface area contributed by atoms with Gasteiger partial charge in [0, 0.05) is 30.4 Å². The normalized spacial score (nSPS) is 11.3. The third-order valence-corrected chi connectivity index (χ3v) is 3.95. The summed E-state index contributed by atoms with van der Waals surface area (Å²) in [4.78, 5) is 9.06. The average molecular weight is 349 g/mol. The van der Waals surface area contributed by atoms with E-state index < -0.39 is 0 Å². The van der Waals surface area contributed by atoms with Crippen LogP contribution >= 0.6 is 0 Å². The lowest BCUT2D eigenvalue weighted by Crippen LogP contribution is -2.24. The van der Waals surface area contributed by atoms with Crippen molar-refractivity contribution in [1.82, 2.24) is 35.4 Å². The molecular weight excluding hydrogens is 330 g/mol. The maximum Gasteiger partial charge on any atom is 0.240 e. The molecule has 132 valence electrons. The molecule has 0 atom stereocenters. The van der Waals surface area contributed by atoms with E-state index >= 15 is 0 Å². The van der Waals surface area contributed by atoms with Gasteiger partial charge in [-0.15, -0.1) is 0 Å². The number of hydrogen-bond donors (Lipinski definition) is 2. The average Bonchev–Trinajstić information content (AvgIpc) is 3.32. The zero-order chi connectivity index (χ0) is 17.8. The van der Waals surface area contributed by atoms with Crippen LogP contribution in [0, 0.1) is 0 Å². The third kappa shape index (κ3) is 3.46. The van der Waals surface area contributed by atoms with Gasteiger partial charge in [-0.05, 0) is 25.2 Å². The number of nitrogens with one attached hydrogen (secondary N) is 2. The number of fused-ring (bicyclic) bond motifs is 1. The van der Waals surface area contributed by atoms with Crippen molar-refractivity contribution in [3.63, 3.8) is 0 Å². The lowest BCUT2D eigenvalue weighted by atomic mass is 10.1. The Labute approximate surface area is 150 Å². The van der Waals surface area contributed by atoms with Crippen molar-refractivity contribution in [3.8, 4) is 22.6 Å². The van der Waals surface area contributed by atoms with Crippen molar-refractivity contribution in [2.24, 2.45) is 0 Å². The number of imidazole rings is 1. The van der Waals surface area contributed by atoms with Crippen LogP contribution in [-0.4, -0.2) is 44.9 Å². The van der Waals surface area contributed by atoms with Gasteiger partial charge in [-0.3, -0.25) is 0 Å². The summed E-state index contributed by atoms with van der Waals surface area (Å²) in [5.74, 6) is 1.14. The molecule has 26 heavy (non-hydrogen) atoms. The van der Waals surface area contributed by atoms with Gasteiger partial charge in [0.2, 0.25) is 11.7 Å². The first-order valence-electron chi connectivity index (χ1n) is 8.42. The lowest BCUT2D eigenvalue weighted by Gasteiger charge is -2.00. The van der Waals surface area contributed by atoms with E-state index in [1.54, 1.807) is 10.7 Å². The molecule has 0 fully saturated rings. The van der Waals surface area contributed by atoms with Crippen LogP contribution in [0.15, 0.2) is 53.3 Å². The quantitative estimate of drug-likeness (QED) is 0.491. The minimum absolute atomic E-state index is 0.548. The fourth-order valence-corrected chi connectivity index (χ4v) is 2.64. The first-order valence-corrected chi connectivity index (χ1v) is 8.42. The second-order valence-electron chi connectivity index (χ2n) is 5.83. The molecule has 0 saturated carbocycles. The summed E-state index contributed by atoms with van der Waals surface area (Å²) in [6, 6.07) is 11.7. The van der Waals surface area contributed by atoms with Crippen molar-refractivity contribution in [2.75, 3.05) is 20.1 Å². The Hall–Kier alpha value is -3.10. The Morgan fingerprint density at radius 3 is 2.88 bits per heavy atom. The number of rotatable bonds is 7. The smallest absolute Gasteiger partial charge is 0.240 e. The molecule has 0 aliphatic rings. The molecule has 3 heterocycles. The molecule has 1 aromatic carbocycles. The molecule has 0 spiro atoms. The molecule has 4 aromatic rings. The molecule has 0 aliphatic carbocycles. The molecule has 0 saturated heterocycles. The largest absolute Gasteiger partial charge is 0.338 e. The van der Waals surface area contributed by atoms with Crippen molar-refractivity contribution in [2.45, 2.75) is 6.54 Å². The van der Waals surface area contributed by atoms with Gasteiger partial charge < -0.3 is 15.2 Å². The van der Waals surface area contributed by atoms with Crippen LogP contribution in [0.2, 0.25) is 0 Å². The monoisotopic (exact) mass is 349 g/mol. The summed E-state index contributed by atoms with van der Waals surface area (Å²) in [5, 5.41) is 14.7. The summed E-state index contributed by atoms with van der Waals surface area (Å²) in [6.07, 6.45) is 3.64. The van der Waals surface area contributed by atoms with E-state index in [2.05, 4.69) is 30.9 Å². The van der Waals surface area contributed by atoms with Crippen molar-refractivity contribution in [3.05, 3.63) is 54.7 Å². The zero-order valence-corrected chi connectivity index (χ0v) is 14.4. The first kappa shape index (κ1) is 16.4. The molecule has 8 heteroatoms. The molecular formula is C18H19N7O. The molecule has 8 nitrogen and oxygen atoms in total. The number of likely N-dealkylation sites (N-methyl/N-ethyl adjacent to an activating group) is 1. The highest BCUT2D eigenvalue weighted by atomic mass is 16.5. The van der Waals surface area contributed by atoms with E-state index in [1.165, 1.54) is 0 Å². The summed E-state index contributed by atoms with van der Waals surface area (Å²) in [5.41, 5.74) is 3.52. The van der Waals surface area contributed by atoms with E-state index in [0.29, 0.717) is 18.3 Å². The van der Waals surface area contributed by atoms with E-state index in [1.807, 2.05) is 49.6 Å². The molecule has 0 amide bonds. The Balaban J connectivity index is 1.55. The van der Waals surface area contributed by atoms with Gasteiger partial charge in [-0.25, -0.2) is 9.50 Å². The van der Waals surface area contributed by atoms with Crippen LogP contribution in [0.4, 0.5) is 0 Å². The number of aromatic nitrogens is 5. The molecule has 0 radical (unpaired) electrons. The third-order valence-electron chi connectivity index (χ3n) is 3.95. The topological polar surface area (TPSA) is 93.2 Å². The highest BCUT2D eigenvalue weighted by Crippen LogP contribution is 2.24. The fourth-order valence-electron chi connectivity index (χ4n) is 2.64. The van der Waals surface area contributed by atoms with Gasteiger partial charge in [0.1, 0.15) is 0 Å². The second-order valence-corrected chi connectivity index (χ2v) is 5.83. The predicted octanol–water partition coefficient (Wildman–Crippen LogP) is 1.76.